The molecular formula is C20H24N6O6. The fourth-order valence-corrected chi connectivity index (χ4v) is 3.52. The number of rotatable bonds is 8. The maximum absolute atomic E-state index is 12.8. The molecule has 0 saturated carbocycles. The van der Waals surface area contributed by atoms with Crippen molar-refractivity contribution >= 4 is 28.5 Å². The summed E-state index contributed by atoms with van der Waals surface area (Å²) in [4.78, 5) is 53.9. The quantitative estimate of drug-likeness (QED) is 0.286. The minimum Gasteiger partial charge on any atom is -0.460 e. The highest BCUT2D eigenvalue weighted by Crippen LogP contribution is 2.26. The number of esters is 1. The summed E-state index contributed by atoms with van der Waals surface area (Å²) in [5, 5.41) is 11.2. The monoisotopic (exact) mass is 444 g/mol. The van der Waals surface area contributed by atoms with Gasteiger partial charge in [-0.1, -0.05) is 0 Å². The van der Waals surface area contributed by atoms with Gasteiger partial charge in [0.15, 0.2) is 11.2 Å². The number of anilines is 1. The second kappa shape index (κ2) is 9.04. The van der Waals surface area contributed by atoms with Gasteiger partial charge in [0, 0.05) is 39.3 Å². The topological polar surface area (TPSA) is 134 Å². The number of nitrogens with zero attached hydrogens (tertiary/aromatic N) is 6. The van der Waals surface area contributed by atoms with E-state index >= 15 is 0 Å². The summed E-state index contributed by atoms with van der Waals surface area (Å²) in [6.45, 7) is 5.06. The Morgan fingerprint density at radius 3 is 2.50 bits per heavy atom. The van der Waals surface area contributed by atoms with Crippen LogP contribution in [0.3, 0.4) is 0 Å². The van der Waals surface area contributed by atoms with Crippen LogP contribution in [0.15, 0.2) is 34.1 Å². The molecule has 12 heteroatoms. The van der Waals surface area contributed by atoms with Crippen molar-refractivity contribution in [3.8, 4) is 0 Å². The van der Waals surface area contributed by atoms with Crippen molar-refractivity contribution in [3.05, 3.63) is 61.0 Å². The predicted octanol–water partition coefficient (Wildman–Crippen LogP) is 1.05. The lowest BCUT2D eigenvalue weighted by Crippen LogP contribution is -2.37. The lowest BCUT2D eigenvalue weighted by molar-refractivity contribution is -0.384. The van der Waals surface area contributed by atoms with Crippen LogP contribution < -0.4 is 16.1 Å². The molecule has 12 nitrogen and oxygen atoms in total. The van der Waals surface area contributed by atoms with E-state index in [4.69, 9.17) is 4.74 Å². The molecule has 0 saturated heterocycles. The summed E-state index contributed by atoms with van der Waals surface area (Å²) in [6.07, 6.45) is 1.40. The average molecular weight is 444 g/mol. The highest BCUT2D eigenvalue weighted by molar-refractivity contribution is 5.96. The van der Waals surface area contributed by atoms with E-state index < -0.39 is 22.1 Å². The number of non-ortho nitro benzene ring substituents is 1. The highest BCUT2D eigenvalue weighted by atomic mass is 16.6. The molecular weight excluding hydrogens is 420 g/mol. The van der Waals surface area contributed by atoms with Crippen LogP contribution in [0.25, 0.3) is 11.2 Å². The Kier molecular flexibility index (Phi) is 6.42. The van der Waals surface area contributed by atoms with Crippen molar-refractivity contribution < 1.29 is 14.5 Å². The summed E-state index contributed by atoms with van der Waals surface area (Å²) >= 11 is 0. The second-order valence-electron chi connectivity index (χ2n) is 7.08. The molecule has 0 spiro atoms. The number of benzene rings is 1. The lowest BCUT2D eigenvalue weighted by Gasteiger charge is -2.23. The Bertz CT molecular complexity index is 1300. The number of nitro groups is 1. The van der Waals surface area contributed by atoms with Gasteiger partial charge < -0.3 is 14.2 Å². The smallest absolute Gasteiger partial charge is 0.340 e. The number of nitro benzene ring substituents is 1. The molecule has 0 N–H and O–H groups in total. The Balaban J connectivity index is 1.85. The normalized spacial score (nSPS) is 11.0. The number of fused-ring (bicyclic) bond motifs is 1. The summed E-state index contributed by atoms with van der Waals surface area (Å²) in [6, 6.07) is 4.09. The number of imidazole rings is 1. The van der Waals surface area contributed by atoms with E-state index in [-0.39, 0.29) is 35.6 Å². The van der Waals surface area contributed by atoms with Crippen molar-refractivity contribution in [1.82, 2.24) is 18.7 Å². The zero-order chi connectivity index (χ0) is 23.6. The first-order chi connectivity index (χ1) is 15.2. The minimum atomic E-state index is -0.708. The Labute approximate surface area is 182 Å². The number of carbonyl (C=O) groups excluding carboxylic acids is 1. The van der Waals surface area contributed by atoms with Gasteiger partial charge in [0.1, 0.15) is 6.61 Å². The number of ether oxygens (including phenoxy) is 1. The third-order valence-electron chi connectivity index (χ3n) is 5.30. The van der Waals surface area contributed by atoms with E-state index in [9.17, 15) is 24.5 Å². The standard InChI is InChI=1S/C20H24N6O6/c1-5-24(6-2)15-8-7-13(26(30)31)11-14(15)19(28)32-10-9-25-12-21-17-16(25)18(27)23(4)20(29)22(17)3/h7-8,11-12H,5-6,9-10H2,1-4H3. The van der Waals surface area contributed by atoms with Gasteiger partial charge in [-0.3, -0.25) is 24.0 Å². The fourth-order valence-electron chi connectivity index (χ4n) is 3.52. The molecule has 0 bridgehead atoms. The van der Waals surface area contributed by atoms with Crippen LogP contribution in [-0.2, 0) is 25.4 Å². The Morgan fingerprint density at radius 1 is 1.19 bits per heavy atom. The van der Waals surface area contributed by atoms with Crippen LogP contribution in [0.5, 0.6) is 0 Å². The second-order valence-corrected chi connectivity index (χ2v) is 7.08. The zero-order valence-corrected chi connectivity index (χ0v) is 18.3. The molecule has 3 aromatic rings. The molecule has 0 fully saturated rings. The molecule has 0 amide bonds. The summed E-state index contributed by atoms with van der Waals surface area (Å²) < 4.78 is 9.12. The van der Waals surface area contributed by atoms with Gasteiger partial charge in [0.05, 0.1) is 29.0 Å². The third-order valence-corrected chi connectivity index (χ3v) is 5.30. The molecule has 0 aliphatic rings. The molecule has 0 radical (unpaired) electrons. The molecule has 1 aromatic carbocycles. The molecule has 0 aliphatic heterocycles. The first kappa shape index (κ1) is 22.7. The predicted molar refractivity (Wildman–Crippen MR) is 117 cm³/mol. The summed E-state index contributed by atoms with van der Waals surface area (Å²) in [5.41, 5.74) is -0.128. The van der Waals surface area contributed by atoms with Crippen molar-refractivity contribution in [2.75, 3.05) is 24.6 Å². The van der Waals surface area contributed by atoms with Gasteiger partial charge in [0.25, 0.3) is 11.2 Å². The summed E-state index contributed by atoms with van der Waals surface area (Å²) in [5.74, 6) is -0.708. The highest BCUT2D eigenvalue weighted by Gasteiger charge is 2.21. The van der Waals surface area contributed by atoms with Crippen molar-refractivity contribution in [2.24, 2.45) is 14.1 Å². The van der Waals surface area contributed by atoms with Crippen molar-refractivity contribution in [3.63, 3.8) is 0 Å². The molecule has 0 aliphatic carbocycles. The van der Waals surface area contributed by atoms with Crippen LogP contribution in [0.2, 0.25) is 0 Å². The molecule has 0 atom stereocenters. The molecule has 0 unspecified atom stereocenters. The van der Waals surface area contributed by atoms with Crippen molar-refractivity contribution in [1.29, 1.82) is 0 Å². The van der Waals surface area contributed by atoms with Gasteiger partial charge >= 0.3 is 11.7 Å². The maximum Gasteiger partial charge on any atom is 0.340 e. The van der Waals surface area contributed by atoms with Gasteiger partial charge in [-0.15, -0.1) is 0 Å². The van der Waals surface area contributed by atoms with Gasteiger partial charge in [-0.25, -0.2) is 14.6 Å². The fraction of sp³-hybridized carbons (Fsp3) is 0.400. The molecule has 32 heavy (non-hydrogen) atoms. The van der Waals surface area contributed by atoms with Crippen LogP contribution in [0, 0.1) is 10.1 Å². The molecule has 170 valence electrons. The van der Waals surface area contributed by atoms with Crippen LogP contribution in [0.4, 0.5) is 11.4 Å². The Hall–Kier alpha value is -3.96. The largest absolute Gasteiger partial charge is 0.460 e. The van der Waals surface area contributed by atoms with E-state index in [1.54, 1.807) is 0 Å². The SMILES string of the molecule is CCN(CC)c1ccc([N+](=O)[O-])cc1C(=O)OCCn1cnc2c1c(=O)n(C)c(=O)n2C. The van der Waals surface area contributed by atoms with E-state index in [0.717, 1.165) is 4.57 Å². The summed E-state index contributed by atoms with van der Waals surface area (Å²) in [7, 11) is 2.89. The van der Waals surface area contributed by atoms with Crippen LogP contribution >= 0.6 is 0 Å². The van der Waals surface area contributed by atoms with Crippen LogP contribution in [0.1, 0.15) is 24.2 Å². The van der Waals surface area contributed by atoms with Crippen molar-refractivity contribution in [2.45, 2.75) is 20.4 Å². The lowest BCUT2D eigenvalue weighted by atomic mass is 10.1. The van der Waals surface area contributed by atoms with Crippen LogP contribution in [-0.4, -0.2) is 49.3 Å². The Morgan fingerprint density at radius 2 is 1.88 bits per heavy atom. The molecule has 2 aromatic heterocycles. The van der Waals surface area contributed by atoms with E-state index in [0.29, 0.717) is 18.8 Å². The van der Waals surface area contributed by atoms with Gasteiger partial charge in [-0.05, 0) is 19.9 Å². The number of carbonyl (C=O) groups is 1. The number of aryl methyl sites for hydroxylation is 1. The zero-order valence-electron chi connectivity index (χ0n) is 18.3. The number of hydrogen-bond acceptors (Lipinski definition) is 8. The average Bonchev–Trinajstić information content (AvgIpc) is 3.21. The number of aromatic nitrogens is 4. The first-order valence-corrected chi connectivity index (χ1v) is 10.0. The van der Waals surface area contributed by atoms with Gasteiger partial charge in [0.2, 0.25) is 0 Å². The maximum atomic E-state index is 12.8. The van der Waals surface area contributed by atoms with E-state index in [2.05, 4.69) is 4.98 Å². The van der Waals surface area contributed by atoms with Gasteiger partial charge in [-0.2, -0.15) is 0 Å². The minimum absolute atomic E-state index is 0.0942. The third kappa shape index (κ3) is 3.98. The molecule has 2 heterocycles. The van der Waals surface area contributed by atoms with E-state index in [1.807, 2.05) is 18.7 Å². The first-order valence-electron chi connectivity index (χ1n) is 10.0. The van der Waals surface area contributed by atoms with E-state index in [1.165, 1.54) is 47.8 Å². The number of hydrogen-bond donors (Lipinski definition) is 0. The molecule has 3 rings (SSSR count).